The summed E-state index contributed by atoms with van der Waals surface area (Å²) in [4.78, 5) is 15.8. The number of pyridine rings is 1. The maximum atomic E-state index is 11.7. The number of nitrogens with two attached hydrogens (primary N) is 1. The van der Waals surface area contributed by atoms with Crippen LogP contribution in [0.2, 0.25) is 5.02 Å². The van der Waals surface area contributed by atoms with Crippen molar-refractivity contribution in [3.8, 4) is 5.75 Å². The van der Waals surface area contributed by atoms with Crippen molar-refractivity contribution in [3.63, 3.8) is 0 Å². The minimum atomic E-state index is -1.02. The molecule has 0 aliphatic rings. The zero-order chi connectivity index (χ0) is 18.0. The highest BCUT2D eigenvalue weighted by Crippen LogP contribution is 2.30. The minimum Gasteiger partial charge on any atom is -0.495 e. The summed E-state index contributed by atoms with van der Waals surface area (Å²) in [5.74, 6) is -0.162. The van der Waals surface area contributed by atoms with E-state index < -0.39 is 12.0 Å². The largest absolute Gasteiger partial charge is 0.495 e. The minimum absolute atomic E-state index is 0.420. The van der Waals surface area contributed by atoms with E-state index in [1.807, 2.05) is 12.1 Å². The monoisotopic (exact) mass is 357 g/mol. The van der Waals surface area contributed by atoms with Crippen LogP contribution >= 0.6 is 11.6 Å². The molecule has 25 heavy (non-hydrogen) atoms. The molecule has 0 fully saturated rings. The lowest BCUT2D eigenvalue weighted by Gasteiger charge is -2.18. The summed E-state index contributed by atoms with van der Waals surface area (Å²) >= 11 is 6.01. The number of rotatable bonds is 5. The van der Waals surface area contributed by atoms with E-state index in [1.54, 1.807) is 36.5 Å². The lowest BCUT2D eigenvalue weighted by Crippen LogP contribution is -2.20. The maximum Gasteiger partial charge on any atom is 0.330 e. The topological polar surface area (TPSA) is 97.5 Å². The molecule has 128 valence electrons. The van der Waals surface area contributed by atoms with Gasteiger partial charge in [0.25, 0.3) is 0 Å². The van der Waals surface area contributed by atoms with Gasteiger partial charge >= 0.3 is 5.97 Å². The number of hydrogen-bond donors (Lipinski definition) is 3. The average Bonchev–Trinajstić information content (AvgIpc) is 2.60. The number of aromatic nitrogens is 1. The Balaban J connectivity index is 1.96. The molecule has 0 amide bonds. The van der Waals surface area contributed by atoms with E-state index in [2.05, 4.69) is 10.3 Å². The lowest BCUT2D eigenvalue weighted by molar-refractivity contribution is -0.138. The Kier molecular flexibility index (Phi) is 4.63. The second kappa shape index (κ2) is 6.86. The molecule has 0 bridgehead atoms. The zero-order valence-electron chi connectivity index (χ0n) is 13.4. The second-order valence-electron chi connectivity index (χ2n) is 5.44. The summed E-state index contributed by atoms with van der Waals surface area (Å²) in [6, 6.07) is 11.1. The van der Waals surface area contributed by atoms with Crippen LogP contribution in [-0.4, -0.2) is 23.2 Å². The third kappa shape index (κ3) is 3.44. The summed E-state index contributed by atoms with van der Waals surface area (Å²) < 4.78 is 5.16. The predicted molar refractivity (Wildman–Crippen MR) is 98.2 cm³/mol. The number of aliphatic carboxylic acids is 1. The first-order valence-electron chi connectivity index (χ1n) is 7.46. The van der Waals surface area contributed by atoms with Gasteiger partial charge in [-0.05, 0) is 47.3 Å². The molecule has 4 N–H and O–H groups in total. The highest BCUT2D eigenvalue weighted by Gasteiger charge is 2.21. The number of anilines is 2. The molecule has 6 nitrogen and oxygen atoms in total. The molecule has 3 rings (SSSR count). The standard InChI is InChI=1S/C18H16ClN3O3/c1-25-15-9-11(2-5-14(15)19)16(18(23)24)22-12-3-4-13-10(8-12)6-7-21-17(13)20/h2-9,16,22H,1H3,(H2,20,21)(H,23,24). The molecule has 7 heteroatoms. The van der Waals surface area contributed by atoms with Gasteiger partial charge < -0.3 is 20.9 Å². The quantitative estimate of drug-likeness (QED) is 0.644. The third-order valence-electron chi connectivity index (χ3n) is 3.86. The molecule has 0 saturated carbocycles. The van der Waals surface area contributed by atoms with Crippen molar-refractivity contribution in [1.82, 2.24) is 4.98 Å². The number of fused-ring (bicyclic) bond motifs is 1. The summed E-state index contributed by atoms with van der Waals surface area (Å²) in [6.45, 7) is 0. The van der Waals surface area contributed by atoms with Crippen LogP contribution in [0.5, 0.6) is 5.75 Å². The van der Waals surface area contributed by atoms with Gasteiger partial charge in [-0.1, -0.05) is 17.7 Å². The van der Waals surface area contributed by atoms with Crippen molar-refractivity contribution in [2.75, 3.05) is 18.2 Å². The van der Waals surface area contributed by atoms with Gasteiger partial charge in [0.05, 0.1) is 12.1 Å². The normalized spacial score (nSPS) is 11.9. The maximum absolute atomic E-state index is 11.7. The Bertz CT molecular complexity index is 946. The van der Waals surface area contributed by atoms with Gasteiger partial charge in [0, 0.05) is 17.3 Å². The Labute approximate surface area is 149 Å². The van der Waals surface area contributed by atoms with Gasteiger partial charge in [0.2, 0.25) is 0 Å². The van der Waals surface area contributed by atoms with Crippen LogP contribution in [0.4, 0.5) is 11.5 Å². The number of carboxylic acid groups (broad SMARTS) is 1. The van der Waals surface area contributed by atoms with Crippen molar-refractivity contribution in [1.29, 1.82) is 0 Å². The number of ether oxygens (including phenoxy) is 1. The van der Waals surface area contributed by atoms with Crippen LogP contribution in [0.1, 0.15) is 11.6 Å². The van der Waals surface area contributed by atoms with Crippen LogP contribution < -0.4 is 15.8 Å². The van der Waals surface area contributed by atoms with Crippen LogP contribution in [0.25, 0.3) is 10.8 Å². The fourth-order valence-corrected chi connectivity index (χ4v) is 2.80. The van der Waals surface area contributed by atoms with Crippen molar-refractivity contribution in [2.24, 2.45) is 0 Å². The number of carbonyl (C=O) groups is 1. The van der Waals surface area contributed by atoms with Gasteiger partial charge in [-0.3, -0.25) is 0 Å². The van der Waals surface area contributed by atoms with E-state index >= 15 is 0 Å². The number of nitrogens with zero attached hydrogens (tertiary/aromatic N) is 1. The Morgan fingerprint density at radius 2 is 2.08 bits per heavy atom. The molecular weight excluding hydrogens is 342 g/mol. The van der Waals surface area contributed by atoms with E-state index in [1.165, 1.54) is 7.11 Å². The smallest absolute Gasteiger partial charge is 0.330 e. The molecule has 1 atom stereocenters. The van der Waals surface area contributed by atoms with Crippen LogP contribution in [0.15, 0.2) is 48.7 Å². The van der Waals surface area contributed by atoms with E-state index in [0.29, 0.717) is 27.8 Å². The number of halogens is 1. The van der Waals surface area contributed by atoms with Crippen LogP contribution in [-0.2, 0) is 4.79 Å². The SMILES string of the molecule is COc1cc(C(Nc2ccc3c(N)nccc3c2)C(=O)O)ccc1Cl. The fourth-order valence-electron chi connectivity index (χ4n) is 2.60. The molecule has 3 aromatic rings. The van der Waals surface area contributed by atoms with E-state index in [4.69, 9.17) is 22.1 Å². The molecular formula is C18H16ClN3O3. The Morgan fingerprint density at radius 1 is 1.28 bits per heavy atom. The summed E-state index contributed by atoms with van der Waals surface area (Å²) in [6.07, 6.45) is 1.61. The third-order valence-corrected chi connectivity index (χ3v) is 4.17. The Morgan fingerprint density at radius 3 is 2.80 bits per heavy atom. The number of methoxy groups -OCH3 is 1. The van der Waals surface area contributed by atoms with Gasteiger partial charge in [0.15, 0.2) is 6.04 Å². The molecule has 0 aliphatic heterocycles. The van der Waals surface area contributed by atoms with Crippen LogP contribution in [0.3, 0.4) is 0 Å². The van der Waals surface area contributed by atoms with Crippen molar-refractivity contribution >= 4 is 39.8 Å². The van der Waals surface area contributed by atoms with Crippen molar-refractivity contribution in [3.05, 3.63) is 59.2 Å². The van der Waals surface area contributed by atoms with Gasteiger partial charge in [-0.25, -0.2) is 9.78 Å². The van der Waals surface area contributed by atoms with Gasteiger partial charge in [-0.15, -0.1) is 0 Å². The van der Waals surface area contributed by atoms with Crippen molar-refractivity contribution in [2.45, 2.75) is 6.04 Å². The number of hydrogen-bond acceptors (Lipinski definition) is 5. The van der Waals surface area contributed by atoms with E-state index in [9.17, 15) is 9.90 Å². The summed E-state index contributed by atoms with van der Waals surface area (Å²) in [5.41, 5.74) is 7.02. The molecule has 0 saturated heterocycles. The highest BCUT2D eigenvalue weighted by molar-refractivity contribution is 6.32. The Hall–Kier alpha value is -2.99. The number of carboxylic acids is 1. The lowest BCUT2D eigenvalue weighted by atomic mass is 10.1. The molecule has 0 radical (unpaired) electrons. The first kappa shape index (κ1) is 16.9. The summed E-state index contributed by atoms with van der Waals surface area (Å²) in [5, 5.41) is 14.7. The first-order valence-corrected chi connectivity index (χ1v) is 7.84. The molecule has 1 aromatic heterocycles. The molecule has 1 unspecified atom stereocenters. The number of nitrogens with one attached hydrogen (secondary N) is 1. The second-order valence-corrected chi connectivity index (χ2v) is 5.85. The highest BCUT2D eigenvalue weighted by atomic mass is 35.5. The van der Waals surface area contributed by atoms with Gasteiger partial charge in [0.1, 0.15) is 11.6 Å². The molecule has 0 aliphatic carbocycles. The zero-order valence-corrected chi connectivity index (χ0v) is 14.1. The first-order chi connectivity index (χ1) is 12.0. The van der Waals surface area contributed by atoms with Crippen molar-refractivity contribution < 1.29 is 14.6 Å². The predicted octanol–water partition coefficient (Wildman–Crippen LogP) is 3.72. The average molecular weight is 358 g/mol. The number of nitrogen functional groups attached to an aromatic ring is 1. The van der Waals surface area contributed by atoms with Crippen LogP contribution in [0, 0.1) is 0 Å². The van der Waals surface area contributed by atoms with Gasteiger partial charge in [-0.2, -0.15) is 0 Å². The molecule has 2 aromatic carbocycles. The molecule has 1 heterocycles. The fraction of sp³-hybridized carbons (Fsp3) is 0.111. The van der Waals surface area contributed by atoms with E-state index in [0.717, 1.165) is 10.8 Å². The van der Waals surface area contributed by atoms with E-state index in [-0.39, 0.29) is 0 Å². The summed E-state index contributed by atoms with van der Waals surface area (Å²) in [7, 11) is 1.48. The number of benzene rings is 2. The molecule has 0 spiro atoms.